The Morgan fingerprint density at radius 2 is 2.10 bits per heavy atom. The van der Waals surface area contributed by atoms with Gasteiger partial charge in [0.25, 0.3) is 5.56 Å². The fourth-order valence-corrected chi connectivity index (χ4v) is 2.49. The van der Waals surface area contributed by atoms with Crippen LogP contribution in [0.1, 0.15) is 11.4 Å². The summed E-state index contributed by atoms with van der Waals surface area (Å²) in [5.74, 6) is 0. The average Bonchev–Trinajstić information content (AvgIpc) is 2.42. The third kappa shape index (κ3) is 2.49. The Balaban J connectivity index is 2.07. The largest absolute Gasteiger partial charge is 0.274 e. The summed E-state index contributed by atoms with van der Waals surface area (Å²) in [7, 11) is 0. The van der Waals surface area contributed by atoms with Crippen LogP contribution in [-0.4, -0.2) is 14.8 Å². The normalized spacial score (nSPS) is 10.9. The molecule has 0 saturated heterocycles. The molecule has 5 heteroatoms. The molecule has 0 aliphatic carbocycles. The average molecular weight is 330 g/mol. The van der Waals surface area contributed by atoms with Crippen molar-refractivity contribution in [2.24, 2.45) is 0 Å². The molecular weight excluding hydrogens is 318 g/mol. The topological polar surface area (TPSA) is 47.8 Å². The van der Waals surface area contributed by atoms with Gasteiger partial charge in [-0.05, 0) is 37.3 Å². The molecule has 100 valence electrons. The maximum atomic E-state index is 12.4. The molecule has 0 spiro atoms. The van der Waals surface area contributed by atoms with Gasteiger partial charge < -0.3 is 0 Å². The van der Waals surface area contributed by atoms with E-state index >= 15 is 0 Å². The first-order chi connectivity index (χ1) is 9.63. The Labute approximate surface area is 124 Å². The number of halogens is 1. The third-order valence-electron chi connectivity index (χ3n) is 3.07. The van der Waals surface area contributed by atoms with Crippen molar-refractivity contribution in [3.63, 3.8) is 0 Å². The number of fused-ring (bicyclic) bond motifs is 1. The summed E-state index contributed by atoms with van der Waals surface area (Å²) < 4.78 is 2.38. The van der Waals surface area contributed by atoms with Gasteiger partial charge in [0, 0.05) is 15.6 Å². The van der Waals surface area contributed by atoms with Crippen LogP contribution in [0.25, 0.3) is 10.8 Å². The van der Waals surface area contributed by atoms with Gasteiger partial charge in [0.2, 0.25) is 0 Å². The van der Waals surface area contributed by atoms with Crippen molar-refractivity contribution < 1.29 is 0 Å². The second-order valence-electron chi connectivity index (χ2n) is 4.61. The third-order valence-corrected chi connectivity index (χ3v) is 3.57. The maximum Gasteiger partial charge on any atom is 0.274 e. The van der Waals surface area contributed by atoms with E-state index in [9.17, 15) is 4.79 Å². The van der Waals surface area contributed by atoms with Crippen LogP contribution in [0.15, 0.2) is 51.9 Å². The number of hydrogen-bond donors (Lipinski definition) is 0. The quantitative estimate of drug-likeness (QED) is 0.726. The van der Waals surface area contributed by atoms with E-state index in [0.29, 0.717) is 11.9 Å². The fourth-order valence-electron chi connectivity index (χ4n) is 2.11. The second-order valence-corrected chi connectivity index (χ2v) is 5.52. The molecule has 0 bridgehead atoms. The summed E-state index contributed by atoms with van der Waals surface area (Å²) in [4.78, 5) is 16.8. The first-order valence-corrected chi connectivity index (χ1v) is 7.01. The summed E-state index contributed by atoms with van der Waals surface area (Å²) >= 11 is 3.39. The van der Waals surface area contributed by atoms with Crippen LogP contribution in [0.5, 0.6) is 0 Å². The molecule has 3 rings (SSSR count). The maximum absolute atomic E-state index is 12.4. The van der Waals surface area contributed by atoms with Crippen LogP contribution in [0.3, 0.4) is 0 Å². The summed E-state index contributed by atoms with van der Waals surface area (Å²) in [5, 5.41) is 5.71. The molecule has 3 aromatic rings. The van der Waals surface area contributed by atoms with E-state index in [1.54, 1.807) is 6.20 Å². The molecule has 0 fully saturated rings. The molecule has 0 N–H and O–H groups in total. The number of nitrogens with zero attached hydrogens (tertiary/aromatic N) is 3. The first kappa shape index (κ1) is 13.0. The Bertz CT molecular complexity index is 842. The summed E-state index contributed by atoms with van der Waals surface area (Å²) in [6.45, 7) is 2.31. The minimum absolute atomic E-state index is 0.0988. The van der Waals surface area contributed by atoms with Gasteiger partial charge >= 0.3 is 0 Å². The molecule has 20 heavy (non-hydrogen) atoms. The number of benzene rings is 1. The first-order valence-electron chi connectivity index (χ1n) is 6.21. The molecular formula is C15H12BrN3O. The van der Waals surface area contributed by atoms with Crippen molar-refractivity contribution in [3.05, 3.63) is 68.8 Å². The van der Waals surface area contributed by atoms with Crippen LogP contribution < -0.4 is 5.56 Å². The fraction of sp³-hybridized carbons (Fsp3) is 0.133. The summed E-state index contributed by atoms with van der Waals surface area (Å²) in [6.07, 6.45) is 1.71. The highest BCUT2D eigenvalue weighted by atomic mass is 79.9. The highest BCUT2D eigenvalue weighted by Crippen LogP contribution is 2.16. The van der Waals surface area contributed by atoms with Crippen LogP contribution in [0.4, 0.5) is 0 Å². The Morgan fingerprint density at radius 1 is 1.25 bits per heavy atom. The van der Waals surface area contributed by atoms with Crippen LogP contribution in [0.2, 0.25) is 0 Å². The predicted molar refractivity (Wildman–Crippen MR) is 81.8 cm³/mol. The lowest BCUT2D eigenvalue weighted by Gasteiger charge is -2.06. The SMILES string of the molecule is Cc1cccc(Cn2ncc3cc(Br)ccc3c2=O)n1. The van der Waals surface area contributed by atoms with Crippen molar-refractivity contribution >= 4 is 26.7 Å². The van der Waals surface area contributed by atoms with E-state index in [0.717, 1.165) is 21.2 Å². The minimum Gasteiger partial charge on any atom is -0.267 e. The number of rotatable bonds is 2. The van der Waals surface area contributed by atoms with Gasteiger partial charge in [0.15, 0.2) is 0 Å². The number of aryl methyl sites for hydroxylation is 1. The number of hydrogen-bond acceptors (Lipinski definition) is 3. The lowest BCUT2D eigenvalue weighted by atomic mass is 10.2. The zero-order valence-electron chi connectivity index (χ0n) is 10.9. The second kappa shape index (κ2) is 5.17. The number of pyridine rings is 1. The molecule has 0 radical (unpaired) electrons. The molecule has 0 aliphatic heterocycles. The summed E-state index contributed by atoms with van der Waals surface area (Å²) in [5.41, 5.74) is 1.66. The lowest BCUT2D eigenvalue weighted by Crippen LogP contribution is -2.23. The molecule has 0 saturated carbocycles. The van der Waals surface area contributed by atoms with Crippen LogP contribution in [-0.2, 0) is 6.54 Å². The molecule has 1 aromatic carbocycles. The van der Waals surface area contributed by atoms with E-state index in [-0.39, 0.29) is 5.56 Å². The molecule has 4 nitrogen and oxygen atoms in total. The van der Waals surface area contributed by atoms with Crippen LogP contribution >= 0.6 is 15.9 Å². The van der Waals surface area contributed by atoms with Gasteiger partial charge in [0.05, 0.1) is 23.8 Å². The van der Waals surface area contributed by atoms with Gasteiger partial charge in [-0.2, -0.15) is 5.10 Å². The molecule has 0 unspecified atom stereocenters. The van der Waals surface area contributed by atoms with E-state index in [2.05, 4.69) is 26.0 Å². The Hall–Kier alpha value is -2.01. The van der Waals surface area contributed by atoms with Crippen molar-refractivity contribution in [2.75, 3.05) is 0 Å². The van der Waals surface area contributed by atoms with Gasteiger partial charge in [-0.3, -0.25) is 9.78 Å². The van der Waals surface area contributed by atoms with E-state index in [1.165, 1.54) is 4.68 Å². The molecule has 2 heterocycles. The lowest BCUT2D eigenvalue weighted by molar-refractivity contribution is 0.634. The Kier molecular flexibility index (Phi) is 3.36. The molecule has 0 amide bonds. The highest BCUT2D eigenvalue weighted by molar-refractivity contribution is 9.10. The zero-order valence-corrected chi connectivity index (χ0v) is 12.5. The van der Waals surface area contributed by atoms with Gasteiger partial charge in [-0.25, -0.2) is 4.68 Å². The Morgan fingerprint density at radius 3 is 2.90 bits per heavy atom. The summed E-state index contributed by atoms with van der Waals surface area (Å²) in [6, 6.07) is 11.3. The highest BCUT2D eigenvalue weighted by Gasteiger charge is 2.06. The van der Waals surface area contributed by atoms with E-state index < -0.39 is 0 Å². The smallest absolute Gasteiger partial charge is 0.267 e. The van der Waals surface area contributed by atoms with E-state index in [1.807, 2.05) is 43.3 Å². The van der Waals surface area contributed by atoms with E-state index in [4.69, 9.17) is 0 Å². The van der Waals surface area contributed by atoms with Crippen molar-refractivity contribution in [1.29, 1.82) is 0 Å². The predicted octanol–water partition coefficient (Wildman–Crippen LogP) is 2.91. The van der Waals surface area contributed by atoms with Crippen molar-refractivity contribution in [3.8, 4) is 0 Å². The number of aromatic nitrogens is 3. The van der Waals surface area contributed by atoms with Crippen molar-refractivity contribution in [1.82, 2.24) is 14.8 Å². The van der Waals surface area contributed by atoms with Crippen LogP contribution in [0, 0.1) is 6.92 Å². The van der Waals surface area contributed by atoms with Gasteiger partial charge in [-0.1, -0.05) is 22.0 Å². The monoisotopic (exact) mass is 329 g/mol. The molecule has 2 aromatic heterocycles. The molecule has 0 aliphatic rings. The van der Waals surface area contributed by atoms with Gasteiger partial charge in [0.1, 0.15) is 0 Å². The minimum atomic E-state index is -0.0988. The van der Waals surface area contributed by atoms with Gasteiger partial charge in [-0.15, -0.1) is 0 Å². The standard InChI is InChI=1S/C15H12BrN3O/c1-10-3-2-4-13(18-10)9-19-15(20)14-6-5-12(16)7-11(14)8-17-19/h2-8H,9H2,1H3. The zero-order chi connectivity index (χ0) is 14.1. The molecule has 0 atom stereocenters. The van der Waals surface area contributed by atoms with Crippen molar-refractivity contribution in [2.45, 2.75) is 13.5 Å².